The smallest absolute Gasteiger partial charge is 0.123 e. The lowest BCUT2D eigenvalue weighted by Crippen LogP contribution is -1.81. The summed E-state index contributed by atoms with van der Waals surface area (Å²) in [6.07, 6.45) is 3.08. The predicted molar refractivity (Wildman–Crippen MR) is 59.7 cm³/mol. The first kappa shape index (κ1) is 10.3. The van der Waals surface area contributed by atoms with E-state index in [0.29, 0.717) is 5.75 Å². The number of allylic oxidation sites excluding steroid dienone is 2. The second-order valence-corrected chi connectivity index (χ2v) is 3.87. The monoisotopic (exact) mass is 240 g/mol. The molecule has 0 fully saturated rings. The molecule has 0 aromatic heterocycles. The maximum absolute atomic E-state index is 9.57. The average molecular weight is 241 g/mol. The lowest BCUT2D eigenvalue weighted by molar-refractivity contribution is 0.473. The van der Waals surface area contributed by atoms with Gasteiger partial charge in [0.05, 0.1) is 0 Å². The van der Waals surface area contributed by atoms with E-state index in [9.17, 15) is 5.11 Å². The summed E-state index contributed by atoms with van der Waals surface area (Å²) in [6, 6.07) is 5.46. The number of phenols is 1. The standard InChI is InChI=1S/C11H13BrO/c1-3-4-8(2)10-7-9(12)5-6-11(10)13/h4-7,13H,3H2,1-2H3/b8-4-. The van der Waals surface area contributed by atoms with Crippen molar-refractivity contribution in [3.8, 4) is 5.75 Å². The molecule has 0 bridgehead atoms. The van der Waals surface area contributed by atoms with E-state index in [4.69, 9.17) is 0 Å². The van der Waals surface area contributed by atoms with Gasteiger partial charge in [-0.3, -0.25) is 0 Å². The van der Waals surface area contributed by atoms with E-state index >= 15 is 0 Å². The van der Waals surface area contributed by atoms with Gasteiger partial charge in [0.15, 0.2) is 0 Å². The van der Waals surface area contributed by atoms with Gasteiger partial charge in [-0.1, -0.05) is 28.9 Å². The molecule has 13 heavy (non-hydrogen) atoms. The van der Waals surface area contributed by atoms with Gasteiger partial charge in [0.25, 0.3) is 0 Å². The number of benzene rings is 1. The Morgan fingerprint density at radius 2 is 2.23 bits per heavy atom. The number of rotatable bonds is 2. The molecule has 0 unspecified atom stereocenters. The third-order valence-electron chi connectivity index (χ3n) is 1.89. The SMILES string of the molecule is CC/C=C(/C)c1cc(Br)ccc1O. The molecule has 0 aliphatic heterocycles. The fourth-order valence-electron chi connectivity index (χ4n) is 1.24. The Morgan fingerprint density at radius 1 is 1.54 bits per heavy atom. The third-order valence-corrected chi connectivity index (χ3v) is 2.39. The molecule has 0 heterocycles. The molecule has 0 amide bonds. The van der Waals surface area contributed by atoms with E-state index in [1.54, 1.807) is 6.07 Å². The van der Waals surface area contributed by atoms with Gasteiger partial charge in [0.1, 0.15) is 5.75 Å². The van der Waals surface area contributed by atoms with Crippen LogP contribution in [0.15, 0.2) is 28.7 Å². The molecule has 0 aliphatic rings. The summed E-state index contributed by atoms with van der Waals surface area (Å²) in [6.45, 7) is 4.09. The van der Waals surface area contributed by atoms with Crippen LogP contribution >= 0.6 is 15.9 Å². The van der Waals surface area contributed by atoms with Crippen LogP contribution in [-0.2, 0) is 0 Å². The van der Waals surface area contributed by atoms with Gasteiger partial charge in [-0.15, -0.1) is 0 Å². The van der Waals surface area contributed by atoms with E-state index in [2.05, 4.69) is 28.9 Å². The normalized spacial score (nSPS) is 11.8. The third kappa shape index (κ3) is 2.59. The number of phenolic OH excluding ortho intramolecular Hbond substituents is 1. The van der Waals surface area contributed by atoms with Crippen LogP contribution in [0.3, 0.4) is 0 Å². The number of hydrogen-bond acceptors (Lipinski definition) is 1. The van der Waals surface area contributed by atoms with Crippen LogP contribution in [0.25, 0.3) is 5.57 Å². The summed E-state index contributed by atoms with van der Waals surface area (Å²) >= 11 is 3.38. The Morgan fingerprint density at radius 3 is 2.85 bits per heavy atom. The highest BCUT2D eigenvalue weighted by molar-refractivity contribution is 9.10. The van der Waals surface area contributed by atoms with Crippen LogP contribution in [0, 0.1) is 0 Å². The minimum atomic E-state index is 0.338. The summed E-state index contributed by atoms with van der Waals surface area (Å²) in [4.78, 5) is 0. The Kier molecular flexibility index (Phi) is 3.55. The Balaban J connectivity index is 3.13. The first-order chi connectivity index (χ1) is 6.15. The van der Waals surface area contributed by atoms with Crippen molar-refractivity contribution in [1.29, 1.82) is 0 Å². The van der Waals surface area contributed by atoms with Crippen LogP contribution in [-0.4, -0.2) is 5.11 Å². The summed E-state index contributed by atoms with van der Waals surface area (Å²) in [5.74, 6) is 0.338. The lowest BCUT2D eigenvalue weighted by Gasteiger charge is -2.04. The highest BCUT2D eigenvalue weighted by Gasteiger charge is 2.02. The van der Waals surface area contributed by atoms with Gasteiger partial charge in [0.2, 0.25) is 0 Å². The topological polar surface area (TPSA) is 20.2 Å². The quantitative estimate of drug-likeness (QED) is 0.830. The first-order valence-electron chi connectivity index (χ1n) is 4.30. The van der Waals surface area contributed by atoms with Gasteiger partial charge >= 0.3 is 0 Å². The minimum Gasteiger partial charge on any atom is -0.507 e. The maximum Gasteiger partial charge on any atom is 0.123 e. The highest BCUT2D eigenvalue weighted by Crippen LogP contribution is 2.28. The van der Waals surface area contributed by atoms with Crippen molar-refractivity contribution in [3.05, 3.63) is 34.3 Å². The molecule has 0 atom stereocenters. The van der Waals surface area contributed by atoms with Crippen LogP contribution in [0.5, 0.6) is 5.75 Å². The first-order valence-corrected chi connectivity index (χ1v) is 5.10. The number of aromatic hydroxyl groups is 1. The molecule has 2 heteroatoms. The fourth-order valence-corrected chi connectivity index (χ4v) is 1.60. The van der Waals surface area contributed by atoms with E-state index < -0.39 is 0 Å². The van der Waals surface area contributed by atoms with Crippen molar-refractivity contribution in [2.45, 2.75) is 20.3 Å². The van der Waals surface area contributed by atoms with Crippen molar-refractivity contribution in [3.63, 3.8) is 0 Å². The van der Waals surface area contributed by atoms with E-state index in [1.165, 1.54) is 0 Å². The molecule has 0 saturated carbocycles. The predicted octanol–water partition coefficient (Wildman–Crippen LogP) is 3.97. The van der Waals surface area contributed by atoms with Crippen molar-refractivity contribution in [2.75, 3.05) is 0 Å². The van der Waals surface area contributed by atoms with Gasteiger partial charge < -0.3 is 5.11 Å². The van der Waals surface area contributed by atoms with Crippen LogP contribution in [0.1, 0.15) is 25.8 Å². The molecule has 1 rings (SSSR count). The van der Waals surface area contributed by atoms with Crippen LogP contribution in [0.4, 0.5) is 0 Å². The van der Waals surface area contributed by atoms with Crippen molar-refractivity contribution in [2.24, 2.45) is 0 Å². The summed E-state index contributed by atoms with van der Waals surface area (Å²) < 4.78 is 0.990. The van der Waals surface area contributed by atoms with Crippen molar-refractivity contribution >= 4 is 21.5 Å². The molecule has 1 nitrogen and oxygen atoms in total. The lowest BCUT2D eigenvalue weighted by atomic mass is 10.1. The Labute approximate surface area is 87.2 Å². The summed E-state index contributed by atoms with van der Waals surface area (Å²) in [5, 5.41) is 9.57. The van der Waals surface area contributed by atoms with Gasteiger partial charge in [-0.25, -0.2) is 0 Å². The molecular weight excluding hydrogens is 228 g/mol. The molecule has 1 aromatic rings. The van der Waals surface area contributed by atoms with E-state index in [1.807, 2.05) is 19.1 Å². The molecule has 0 aliphatic carbocycles. The second kappa shape index (κ2) is 4.47. The van der Waals surface area contributed by atoms with Crippen molar-refractivity contribution < 1.29 is 5.11 Å². The van der Waals surface area contributed by atoms with Gasteiger partial charge in [-0.2, -0.15) is 0 Å². The van der Waals surface area contributed by atoms with Crippen LogP contribution < -0.4 is 0 Å². The zero-order chi connectivity index (χ0) is 9.84. The Bertz CT molecular complexity index is 329. The van der Waals surface area contributed by atoms with Gasteiger partial charge in [0, 0.05) is 10.0 Å². The maximum atomic E-state index is 9.57. The Hall–Kier alpha value is -0.760. The zero-order valence-corrected chi connectivity index (χ0v) is 9.43. The number of hydrogen-bond donors (Lipinski definition) is 1. The summed E-state index contributed by atoms with van der Waals surface area (Å²) in [5.41, 5.74) is 2.01. The molecular formula is C11H13BrO. The molecule has 70 valence electrons. The molecule has 0 saturated heterocycles. The van der Waals surface area contributed by atoms with Crippen molar-refractivity contribution in [1.82, 2.24) is 0 Å². The molecule has 0 radical (unpaired) electrons. The highest BCUT2D eigenvalue weighted by atomic mass is 79.9. The van der Waals surface area contributed by atoms with Gasteiger partial charge in [-0.05, 0) is 37.1 Å². The second-order valence-electron chi connectivity index (χ2n) is 2.96. The molecule has 0 spiro atoms. The summed E-state index contributed by atoms with van der Waals surface area (Å²) in [7, 11) is 0. The largest absolute Gasteiger partial charge is 0.507 e. The average Bonchev–Trinajstić information content (AvgIpc) is 2.09. The zero-order valence-electron chi connectivity index (χ0n) is 7.84. The molecule has 1 N–H and O–H groups in total. The fraction of sp³-hybridized carbons (Fsp3) is 0.273. The number of halogens is 1. The minimum absolute atomic E-state index is 0.338. The van der Waals surface area contributed by atoms with E-state index in [-0.39, 0.29) is 0 Å². The van der Waals surface area contributed by atoms with Crippen LogP contribution in [0.2, 0.25) is 0 Å². The van der Waals surface area contributed by atoms with E-state index in [0.717, 1.165) is 22.0 Å². The molecule has 1 aromatic carbocycles.